The average molecular weight is 292 g/mol. The van der Waals surface area contributed by atoms with E-state index in [4.69, 9.17) is 20.3 Å². The molecule has 0 aliphatic carbocycles. The number of hydrogen-bond acceptors (Lipinski definition) is 4. The summed E-state index contributed by atoms with van der Waals surface area (Å²) in [6.45, 7) is 2.48. The Morgan fingerprint density at radius 3 is 2.86 bits per heavy atom. The third-order valence-electron chi connectivity index (χ3n) is 3.34. The average Bonchev–Trinajstić information content (AvgIpc) is 2.81. The summed E-state index contributed by atoms with van der Waals surface area (Å²) in [5.41, 5.74) is 6.29. The normalized spacial score (nSPS) is 14.0. The second kappa shape index (κ2) is 6.15. The highest BCUT2D eigenvalue weighted by Crippen LogP contribution is 2.26. The smallest absolute Gasteiger partial charge is 0.323 e. The van der Waals surface area contributed by atoms with Crippen molar-refractivity contribution in [3.05, 3.63) is 30.0 Å². The van der Waals surface area contributed by atoms with E-state index in [1.165, 1.54) is 6.92 Å². The van der Waals surface area contributed by atoms with Gasteiger partial charge < -0.3 is 25.3 Å². The van der Waals surface area contributed by atoms with Crippen LogP contribution in [0.5, 0.6) is 5.75 Å². The molecule has 0 radical (unpaired) electrons. The van der Waals surface area contributed by atoms with Crippen LogP contribution in [-0.2, 0) is 16.0 Å². The van der Waals surface area contributed by atoms with E-state index in [1.807, 2.05) is 18.2 Å². The number of carboxylic acid groups (broad SMARTS) is 1. The summed E-state index contributed by atoms with van der Waals surface area (Å²) in [6, 6.07) is 5.64. The van der Waals surface area contributed by atoms with Crippen molar-refractivity contribution in [2.75, 3.05) is 20.3 Å². The number of aromatic amines is 1. The van der Waals surface area contributed by atoms with Crippen molar-refractivity contribution >= 4 is 16.9 Å². The first-order valence-electron chi connectivity index (χ1n) is 6.68. The van der Waals surface area contributed by atoms with Gasteiger partial charge in [-0.1, -0.05) is 0 Å². The van der Waals surface area contributed by atoms with Crippen LogP contribution in [-0.4, -0.2) is 41.9 Å². The number of carboxylic acids is 1. The molecule has 6 nitrogen and oxygen atoms in total. The molecule has 4 N–H and O–H groups in total. The van der Waals surface area contributed by atoms with E-state index in [0.29, 0.717) is 13.2 Å². The van der Waals surface area contributed by atoms with Gasteiger partial charge in [0.15, 0.2) is 0 Å². The molecular weight excluding hydrogens is 272 g/mol. The number of aliphatic carboxylic acids is 1. The van der Waals surface area contributed by atoms with Gasteiger partial charge in [0, 0.05) is 30.6 Å². The third-order valence-corrected chi connectivity index (χ3v) is 3.34. The Labute approximate surface area is 122 Å². The standard InChI is InChI=1S/C15H20N2O4/c1-15(16,14(18)19)8-10-9-17-13-4-3-11(7-12(10)13)21-6-5-20-2/h3-4,7,9,17H,5-6,8,16H2,1-2H3,(H,18,19). The van der Waals surface area contributed by atoms with Crippen LogP contribution in [0.2, 0.25) is 0 Å². The maximum absolute atomic E-state index is 11.2. The van der Waals surface area contributed by atoms with E-state index >= 15 is 0 Å². The summed E-state index contributed by atoms with van der Waals surface area (Å²) >= 11 is 0. The van der Waals surface area contributed by atoms with Crippen LogP contribution in [0.4, 0.5) is 0 Å². The van der Waals surface area contributed by atoms with Crippen molar-refractivity contribution in [3.63, 3.8) is 0 Å². The van der Waals surface area contributed by atoms with Crippen LogP contribution in [0.1, 0.15) is 12.5 Å². The van der Waals surface area contributed by atoms with Crippen molar-refractivity contribution in [1.29, 1.82) is 0 Å². The molecule has 6 heteroatoms. The van der Waals surface area contributed by atoms with Gasteiger partial charge in [-0.15, -0.1) is 0 Å². The van der Waals surface area contributed by atoms with Gasteiger partial charge in [-0.2, -0.15) is 0 Å². The Morgan fingerprint density at radius 1 is 1.43 bits per heavy atom. The molecule has 1 unspecified atom stereocenters. The van der Waals surface area contributed by atoms with E-state index < -0.39 is 11.5 Å². The second-order valence-electron chi connectivity index (χ2n) is 5.26. The zero-order valence-corrected chi connectivity index (χ0v) is 12.2. The predicted octanol–water partition coefficient (Wildman–Crippen LogP) is 1.54. The summed E-state index contributed by atoms with van der Waals surface area (Å²) in [4.78, 5) is 14.3. The molecule has 2 aromatic rings. The minimum Gasteiger partial charge on any atom is -0.491 e. The molecule has 0 spiro atoms. The predicted molar refractivity (Wildman–Crippen MR) is 79.6 cm³/mol. The molecule has 1 atom stereocenters. The van der Waals surface area contributed by atoms with Crippen LogP contribution in [0.3, 0.4) is 0 Å². The van der Waals surface area contributed by atoms with Crippen molar-refractivity contribution < 1.29 is 19.4 Å². The molecule has 1 aromatic carbocycles. The SMILES string of the molecule is COCCOc1ccc2[nH]cc(CC(C)(N)C(=O)O)c2c1. The Hall–Kier alpha value is -2.05. The molecule has 114 valence electrons. The fourth-order valence-electron chi connectivity index (χ4n) is 2.11. The van der Waals surface area contributed by atoms with Gasteiger partial charge >= 0.3 is 5.97 Å². The van der Waals surface area contributed by atoms with Gasteiger partial charge in [0.05, 0.1) is 6.61 Å². The molecule has 0 fully saturated rings. The molecule has 0 amide bonds. The summed E-state index contributed by atoms with van der Waals surface area (Å²) in [7, 11) is 1.62. The monoisotopic (exact) mass is 292 g/mol. The fourth-order valence-corrected chi connectivity index (χ4v) is 2.11. The minimum absolute atomic E-state index is 0.240. The number of ether oxygens (including phenoxy) is 2. The quantitative estimate of drug-likeness (QED) is 0.672. The van der Waals surface area contributed by atoms with E-state index in [9.17, 15) is 4.79 Å². The van der Waals surface area contributed by atoms with Crippen LogP contribution in [0.25, 0.3) is 10.9 Å². The maximum Gasteiger partial charge on any atom is 0.323 e. The summed E-state index contributed by atoms with van der Waals surface area (Å²) in [5, 5.41) is 10.1. The molecule has 0 bridgehead atoms. The second-order valence-corrected chi connectivity index (χ2v) is 5.26. The van der Waals surface area contributed by atoms with Crippen molar-refractivity contribution in [2.45, 2.75) is 18.9 Å². The summed E-state index contributed by atoms with van der Waals surface area (Å²) < 4.78 is 10.5. The minimum atomic E-state index is -1.30. The number of benzene rings is 1. The Bertz CT molecular complexity index is 634. The lowest BCUT2D eigenvalue weighted by atomic mass is 9.94. The lowest BCUT2D eigenvalue weighted by Crippen LogP contribution is -2.46. The molecule has 0 saturated carbocycles. The van der Waals surface area contributed by atoms with E-state index in [2.05, 4.69) is 4.98 Å². The van der Waals surface area contributed by atoms with Gasteiger partial charge in [0.1, 0.15) is 17.9 Å². The lowest BCUT2D eigenvalue weighted by molar-refractivity contribution is -0.142. The summed E-state index contributed by atoms with van der Waals surface area (Å²) in [6.07, 6.45) is 2.03. The van der Waals surface area contributed by atoms with Gasteiger partial charge in [-0.05, 0) is 30.7 Å². The van der Waals surface area contributed by atoms with Gasteiger partial charge in [0.2, 0.25) is 0 Å². The van der Waals surface area contributed by atoms with Gasteiger partial charge in [-0.25, -0.2) is 0 Å². The molecule has 0 aliphatic rings. The molecule has 1 heterocycles. The molecule has 2 rings (SSSR count). The molecule has 1 aromatic heterocycles. The molecule has 21 heavy (non-hydrogen) atoms. The topological polar surface area (TPSA) is 97.6 Å². The number of rotatable bonds is 7. The van der Waals surface area contributed by atoms with Crippen LogP contribution in [0.15, 0.2) is 24.4 Å². The van der Waals surface area contributed by atoms with Crippen molar-refractivity contribution in [3.8, 4) is 5.75 Å². The first-order valence-corrected chi connectivity index (χ1v) is 6.68. The number of aromatic nitrogens is 1. The highest BCUT2D eigenvalue weighted by Gasteiger charge is 2.29. The molecular formula is C15H20N2O4. The third kappa shape index (κ3) is 3.53. The highest BCUT2D eigenvalue weighted by molar-refractivity contribution is 5.86. The number of nitrogens with one attached hydrogen (secondary N) is 1. The first-order chi connectivity index (χ1) is 9.94. The number of H-pyrrole nitrogens is 1. The Kier molecular flexibility index (Phi) is 4.50. The zero-order valence-electron chi connectivity index (χ0n) is 12.2. The van der Waals surface area contributed by atoms with Crippen LogP contribution >= 0.6 is 0 Å². The number of methoxy groups -OCH3 is 1. The molecule has 0 aliphatic heterocycles. The highest BCUT2D eigenvalue weighted by atomic mass is 16.5. The van der Waals surface area contributed by atoms with Crippen LogP contribution < -0.4 is 10.5 Å². The van der Waals surface area contributed by atoms with Crippen molar-refractivity contribution in [2.24, 2.45) is 5.73 Å². The maximum atomic E-state index is 11.2. The number of fused-ring (bicyclic) bond motifs is 1. The Balaban J connectivity index is 2.24. The van der Waals surface area contributed by atoms with Crippen molar-refractivity contribution in [1.82, 2.24) is 4.98 Å². The number of carbonyl (C=O) groups is 1. The lowest BCUT2D eigenvalue weighted by Gasteiger charge is -2.18. The van der Waals surface area contributed by atoms with Gasteiger partial charge in [0.25, 0.3) is 0 Å². The van der Waals surface area contributed by atoms with Crippen LogP contribution in [0, 0.1) is 0 Å². The fraction of sp³-hybridized carbons (Fsp3) is 0.400. The van der Waals surface area contributed by atoms with E-state index in [-0.39, 0.29) is 6.42 Å². The number of hydrogen-bond donors (Lipinski definition) is 3. The van der Waals surface area contributed by atoms with E-state index in [0.717, 1.165) is 22.2 Å². The molecule has 0 saturated heterocycles. The Morgan fingerprint density at radius 2 is 2.19 bits per heavy atom. The van der Waals surface area contributed by atoms with E-state index in [1.54, 1.807) is 13.3 Å². The van der Waals surface area contributed by atoms with Gasteiger partial charge in [-0.3, -0.25) is 4.79 Å². The first kappa shape index (κ1) is 15.3. The number of nitrogens with two attached hydrogens (primary N) is 1. The summed E-state index contributed by atoms with van der Waals surface area (Å²) in [5.74, 6) is -0.307. The zero-order chi connectivity index (χ0) is 15.5. The largest absolute Gasteiger partial charge is 0.491 e.